The van der Waals surface area contributed by atoms with Crippen LogP contribution in [0.15, 0.2) is 12.1 Å². The van der Waals surface area contributed by atoms with Crippen molar-refractivity contribution in [1.29, 1.82) is 0 Å². The third kappa shape index (κ3) is 1.50. The molecule has 1 nitrogen and oxygen atoms in total. The topological polar surface area (TPSA) is 26.0 Å². The second-order valence-corrected chi connectivity index (χ2v) is 2.40. The summed E-state index contributed by atoms with van der Waals surface area (Å²) in [4.78, 5) is 0. The van der Waals surface area contributed by atoms with Crippen molar-refractivity contribution in [1.82, 2.24) is 0 Å². The fraction of sp³-hybridized carbons (Fsp3) is 0. The van der Waals surface area contributed by atoms with Gasteiger partial charge in [0.05, 0.1) is 10.0 Å². The molecule has 0 aliphatic rings. The number of rotatable bonds is 0. The van der Waals surface area contributed by atoms with Crippen LogP contribution >= 0.6 is 23.2 Å². The van der Waals surface area contributed by atoms with Crippen LogP contribution in [0.1, 0.15) is 0 Å². The van der Waals surface area contributed by atoms with Crippen LogP contribution in [0.2, 0.25) is 10.0 Å². The minimum atomic E-state index is 0.466. The molecular formula is C6H4Cl2N. The zero-order valence-corrected chi connectivity index (χ0v) is 6.00. The molecule has 0 saturated carbocycles. The molecule has 1 rings (SSSR count). The minimum absolute atomic E-state index is 0.466. The Bertz CT molecular complexity index is 222. The highest BCUT2D eigenvalue weighted by molar-refractivity contribution is 6.42. The van der Waals surface area contributed by atoms with Crippen molar-refractivity contribution in [3.05, 3.63) is 28.2 Å². The van der Waals surface area contributed by atoms with Crippen molar-refractivity contribution in [2.75, 3.05) is 5.73 Å². The van der Waals surface area contributed by atoms with E-state index in [1.807, 2.05) is 0 Å². The first-order valence-electron chi connectivity index (χ1n) is 2.32. The lowest BCUT2D eigenvalue weighted by molar-refractivity contribution is 1.67. The molecule has 0 bridgehead atoms. The first-order chi connectivity index (χ1) is 4.20. The molecule has 0 aromatic heterocycles. The molecule has 0 saturated heterocycles. The molecule has 0 aliphatic heterocycles. The maximum Gasteiger partial charge on any atom is 0.0613 e. The summed E-state index contributed by atoms with van der Waals surface area (Å²) in [5.41, 5.74) is 5.83. The quantitative estimate of drug-likeness (QED) is 0.580. The van der Waals surface area contributed by atoms with Gasteiger partial charge in [-0.25, -0.2) is 0 Å². The van der Waals surface area contributed by atoms with E-state index in [0.717, 1.165) is 0 Å². The molecule has 3 heteroatoms. The van der Waals surface area contributed by atoms with Crippen LogP contribution in [0.5, 0.6) is 0 Å². The third-order valence-corrected chi connectivity index (χ3v) is 1.60. The van der Waals surface area contributed by atoms with Gasteiger partial charge in [-0.2, -0.15) is 0 Å². The molecule has 0 fully saturated rings. The predicted molar refractivity (Wildman–Crippen MR) is 39.7 cm³/mol. The van der Waals surface area contributed by atoms with Gasteiger partial charge >= 0.3 is 0 Å². The molecular weight excluding hydrogens is 157 g/mol. The first kappa shape index (κ1) is 6.72. The molecule has 2 N–H and O–H groups in total. The number of benzene rings is 1. The summed E-state index contributed by atoms with van der Waals surface area (Å²) in [7, 11) is 0. The summed E-state index contributed by atoms with van der Waals surface area (Å²) in [5.74, 6) is 0. The second kappa shape index (κ2) is 2.46. The Balaban J connectivity index is 3.17. The SMILES string of the molecule is Nc1[c]cc(Cl)c(Cl)c1. The van der Waals surface area contributed by atoms with E-state index in [1.165, 1.54) is 0 Å². The Kier molecular flexibility index (Phi) is 1.84. The molecule has 1 aromatic rings. The number of anilines is 1. The molecule has 1 radical (unpaired) electrons. The van der Waals surface area contributed by atoms with Crippen LogP contribution in [0.4, 0.5) is 5.69 Å². The number of hydrogen-bond acceptors (Lipinski definition) is 1. The standard InChI is InChI=1S/C6H4Cl2N/c7-5-2-1-4(9)3-6(5)8/h2-3H,9H2. The third-order valence-electron chi connectivity index (χ3n) is 0.876. The second-order valence-electron chi connectivity index (χ2n) is 1.58. The van der Waals surface area contributed by atoms with E-state index in [1.54, 1.807) is 12.1 Å². The van der Waals surface area contributed by atoms with Crippen molar-refractivity contribution >= 4 is 28.9 Å². The zero-order valence-electron chi connectivity index (χ0n) is 4.49. The van der Waals surface area contributed by atoms with E-state index in [2.05, 4.69) is 6.07 Å². The summed E-state index contributed by atoms with van der Waals surface area (Å²) >= 11 is 11.1. The van der Waals surface area contributed by atoms with Gasteiger partial charge in [-0.05, 0) is 12.1 Å². The van der Waals surface area contributed by atoms with Crippen LogP contribution in [0.3, 0.4) is 0 Å². The number of nitrogens with two attached hydrogens (primary N) is 1. The Morgan fingerprint density at radius 2 is 2.00 bits per heavy atom. The van der Waals surface area contributed by atoms with Crippen LogP contribution < -0.4 is 5.73 Å². The van der Waals surface area contributed by atoms with Gasteiger partial charge in [0.15, 0.2) is 0 Å². The van der Waals surface area contributed by atoms with Gasteiger partial charge in [0.2, 0.25) is 0 Å². The summed E-state index contributed by atoms with van der Waals surface area (Å²) in [6, 6.07) is 5.80. The van der Waals surface area contributed by atoms with Gasteiger partial charge < -0.3 is 5.73 Å². The van der Waals surface area contributed by atoms with E-state index in [9.17, 15) is 0 Å². The summed E-state index contributed by atoms with van der Waals surface area (Å²) in [6.07, 6.45) is 0. The van der Waals surface area contributed by atoms with Gasteiger partial charge in [-0.1, -0.05) is 23.2 Å². The summed E-state index contributed by atoms with van der Waals surface area (Å²) in [6.45, 7) is 0. The van der Waals surface area contributed by atoms with Gasteiger partial charge in [-0.15, -0.1) is 0 Å². The first-order valence-corrected chi connectivity index (χ1v) is 3.08. The van der Waals surface area contributed by atoms with Gasteiger partial charge in [0, 0.05) is 11.8 Å². The molecule has 9 heavy (non-hydrogen) atoms. The van der Waals surface area contributed by atoms with Crippen molar-refractivity contribution in [3.63, 3.8) is 0 Å². The molecule has 1 aromatic carbocycles. The molecule has 0 atom stereocenters. The minimum Gasteiger partial charge on any atom is -0.398 e. The monoisotopic (exact) mass is 160 g/mol. The normalized spacial score (nSPS) is 9.56. The molecule has 0 heterocycles. The fourth-order valence-corrected chi connectivity index (χ4v) is 0.744. The van der Waals surface area contributed by atoms with E-state index in [0.29, 0.717) is 15.7 Å². The molecule has 47 valence electrons. The highest BCUT2D eigenvalue weighted by atomic mass is 35.5. The predicted octanol–water partition coefficient (Wildman–Crippen LogP) is 2.38. The Hall–Kier alpha value is -0.400. The summed E-state index contributed by atoms with van der Waals surface area (Å²) in [5, 5.41) is 0.943. The highest BCUT2D eigenvalue weighted by Crippen LogP contribution is 2.22. The van der Waals surface area contributed by atoms with E-state index in [4.69, 9.17) is 28.9 Å². The molecule has 0 unspecified atom stereocenters. The lowest BCUT2D eigenvalue weighted by Gasteiger charge is -1.93. The van der Waals surface area contributed by atoms with Crippen LogP contribution in [-0.4, -0.2) is 0 Å². The van der Waals surface area contributed by atoms with E-state index >= 15 is 0 Å². The Morgan fingerprint density at radius 3 is 2.44 bits per heavy atom. The van der Waals surface area contributed by atoms with Crippen molar-refractivity contribution in [2.45, 2.75) is 0 Å². The average molecular weight is 161 g/mol. The maximum atomic E-state index is 5.58. The lowest BCUT2D eigenvalue weighted by atomic mass is 10.3. The van der Waals surface area contributed by atoms with Gasteiger partial charge in [-0.3, -0.25) is 0 Å². The maximum absolute atomic E-state index is 5.58. The van der Waals surface area contributed by atoms with E-state index in [-0.39, 0.29) is 0 Å². The Labute approximate surface area is 63.4 Å². The number of halogens is 2. The number of hydrogen-bond donors (Lipinski definition) is 1. The molecule has 0 amide bonds. The van der Waals surface area contributed by atoms with Gasteiger partial charge in [0.1, 0.15) is 0 Å². The van der Waals surface area contributed by atoms with Crippen LogP contribution in [0.25, 0.3) is 0 Å². The number of nitrogen functional groups attached to an aromatic ring is 1. The highest BCUT2D eigenvalue weighted by Gasteiger charge is 1.94. The lowest BCUT2D eigenvalue weighted by Crippen LogP contribution is -1.82. The van der Waals surface area contributed by atoms with E-state index < -0.39 is 0 Å². The summed E-state index contributed by atoms with van der Waals surface area (Å²) < 4.78 is 0. The van der Waals surface area contributed by atoms with Crippen molar-refractivity contribution in [2.24, 2.45) is 0 Å². The molecule has 0 spiro atoms. The fourth-order valence-electron chi connectivity index (χ4n) is 0.463. The van der Waals surface area contributed by atoms with Crippen molar-refractivity contribution < 1.29 is 0 Å². The van der Waals surface area contributed by atoms with Crippen molar-refractivity contribution in [3.8, 4) is 0 Å². The molecule has 0 aliphatic carbocycles. The average Bonchev–Trinajstić information content (AvgIpc) is 1.80. The van der Waals surface area contributed by atoms with Gasteiger partial charge in [0.25, 0.3) is 0 Å². The van der Waals surface area contributed by atoms with Crippen LogP contribution in [0, 0.1) is 6.07 Å². The Morgan fingerprint density at radius 1 is 1.33 bits per heavy atom. The zero-order chi connectivity index (χ0) is 6.85. The smallest absolute Gasteiger partial charge is 0.0613 e. The van der Waals surface area contributed by atoms with Crippen LogP contribution in [-0.2, 0) is 0 Å². The largest absolute Gasteiger partial charge is 0.398 e.